The molecule has 0 fully saturated rings. The standard InChI is InChI=1S/C15H13BrFN3/c1-8-6-10(16)7-9(2)14(8)20-12-5-3-4-11(17)13(12)19-15(20)18/h3-7H,1-2H3,(H2,18,19). The van der Waals surface area contributed by atoms with E-state index in [2.05, 4.69) is 20.9 Å². The fourth-order valence-corrected chi connectivity index (χ4v) is 3.26. The molecule has 0 radical (unpaired) electrons. The molecule has 0 unspecified atom stereocenters. The van der Waals surface area contributed by atoms with Gasteiger partial charge in [-0.15, -0.1) is 0 Å². The van der Waals surface area contributed by atoms with Crippen LogP contribution in [0.5, 0.6) is 0 Å². The number of hydrogen-bond acceptors (Lipinski definition) is 2. The SMILES string of the molecule is Cc1cc(Br)cc(C)c1-n1c(N)nc2c(F)cccc21. The Hall–Kier alpha value is -1.88. The molecule has 102 valence electrons. The number of hydrogen-bond donors (Lipinski definition) is 1. The van der Waals surface area contributed by atoms with Crippen LogP contribution in [-0.4, -0.2) is 9.55 Å². The number of halogens is 2. The molecular weight excluding hydrogens is 321 g/mol. The van der Waals surface area contributed by atoms with Crippen molar-refractivity contribution < 1.29 is 4.39 Å². The first-order valence-electron chi connectivity index (χ1n) is 6.18. The summed E-state index contributed by atoms with van der Waals surface area (Å²) < 4.78 is 16.6. The molecule has 3 rings (SSSR count). The van der Waals surface area contributed by atoms with E-state index in [0.29, 0.717) is 17.0 Å². The predicted octanol–water partition coefficient (Wildman–Crippen LogP) is 4.13. The third-order valence-electron chi connectivity index (χ3n) is 3.34. The summed E-state index contributed by atoms with van der Waals surface area (Å²) in [6.07, 6.45) is 0. The van der Waals surface area contributed by atoms with Crippen LogP contribution in [0, 0.1) is 19.7 Å². The van der Waals surface area contributed by atoms with Gasteiger partial charge in [0.15, 0.2) is 5.82 Å². The van der Waals surface area contributed by atoms with Crippen molar-refractivity contribution in [1.82, 2.24) is 9.55 Å². The molecule has 0 atom stereocenters. The van der Waals surface area contributed by atoms with Gasteiger partial charge in [-0.25, -0.2) is 9.37 Å². The van der Waals surface area contributed by atoms with Crippen molar-refractivity contribution in [3.05, 3.63) is 51.7 Å². The summed E-state index contributed by atoms with van der Waals surface area (Å²) in [5, 5.41) is 0. The Morgan fingerprint density at radius 1 is 1.20 bits per heavy atom. The lowest BCUT2D eigenvalue weighted by Crippen LogP contribution is -2.04. The second kappa shape index (κ2) is 4.59. The number of anilines is 1. The number of nitrogen functional groups attached to an aromatic ring is 1. The zero-order chi connectivity index (χ0) is 14.4. The molecule has 0 saturated carbocycles. The highest BCUT2D eigenvalue weighted by atomic mass is 79.9. The minimum atomic E-state index is -0.361. The lowest BCUT2D eigenvalue weighted by Gasteiger charge is -2.14. The van der Waals surface area contributed by atoms with Crippen LogP contribution in [0.4, 0.5) is 10.3 Å². The van der Waals surface area contributed by atoms with E-state index >= 15 is 0 Å². The Labute approximate surface area is 124 Å². The van der Waals surface area contributed by atoms with Gasteiger partial charge in [0.2, 0.25) is 5.95 Å². The van der Waals surface area contributed by atoms with Crippen LogP contribution in [0.15, 0.2) is 34.8 Å². The molecule has 0 bridgehead atoms. The zero-order valence-corrected chi connectivity index (χ0v) is 12.7. The number of rotatable bonds is 1. The van der Waals surface area contributed by atoms with E-state index in [0.717, 1.165) is 21.3 Å². The zero-order valence-electron chi connectivity index (χ0n) is 11.1. The van der Waals surface area contributed by atoms with Crippen molar-refractivity contribution in [3.63, 3.8) is 0 Å². The maximum atomic E-state index is 13.8. The highest BCUT2D eigenvalue weighted by Crippen LogP contribution is 2.30. The predicted molar refractivity (Wildman–Crippen MR) is 82.6 cm³/mol. The number of imidazole rings is 1. The molecule has 1 heterocycles. The van der Waals surface area contributed by atoms with Gasteiger partial charge in [-0.1, -0.05) is 22.0 Å². The normalized spacial score (nSPS) is 11.2. The fraction of sp³-hybridized carbons (Fsp3) is 0.133. The summed E-state index contributed by atoms with van der Waals surface area (Å²) in [5.74, 6) is -0.0704. The first-order chi connectivity index (χ1) is 9.49. The Bertz CT molecular complexity index is 800. The summed E-state index contributed by atoms with van der Waals surface area (Å²) in [4.78, 5) is 4.15. The van der Waals surface area contributed by atoms with Crippen molar-refractivity contribution in [3.8, 4) is 5.69 Å². The lowest BCUT2D eigenvalue weighted by atomic mass is 10.1. The average molecular weight is 334 g/mol. The number of benzene rings is 2. The van der Waals surface area contributed by atoms with Crippen molar-refractivity contribution in [2.24, 2.45) is 0 Å². The second-order valence-electron chi connectivity index (χ2n) is 4.80. The minimum Gasteiger partial charge on any atom is -0.369 e. The smallest absolute Gasteiger partial charge is 0.206 e. The van der Waals surface area contributed by atoms with Gasteiger partial charge in [0.05, 0.1) is 11.2 Å². The molecule has 0 saturated heterocycles. The number of nitrogens with two attached hydrogens (primary N) is 1. The quantitative estimate of drug-likeness (QED) is 0.727. The van der Waals surface area contributed by atoms with E-state index in [9.17, 15) is 4.39 Å². The Morgan fingerprint density at radius 3 is 2.50 bits per heavy atom. The van der Waals surface area contributed by atoms with Crippen molar-refractivity contribution in [2.45, 2.75) is 13.8 Å². The highest BCUT2D eigenvalue weighted by Gasteiger charge is 2.16. The molecule has 2 aromatic carbocycles. The van der Waals surface area contributed by atoms with E-state index in [1.807, 2.05) is 32.0 Å². The third kappa shape index (κ3) is 1.89. The summed E-state index contributed by atoms with van der Waals surface area (Å²) in [6, 6.07) is 8.89. The van der Waals surface area contributed by atoms with E-state index in [1.165, 1.54) is 6.07 Å². The summed E-state index contributed by atoms with van der Waals surface area (Å²) in [5.41, 5.74) is 10.0. The van der Waals surface area contributed by atoms with Crippen LogP contribution < -0.4 is 5.73 Å². The number of nitrogens with zero attached hydrogens (tertiary/aromatic N) is 2. The number of aryl methyl sites for hydroxylation is 2. The first-order valence-corrected chi connectivity index (χ1v) is 6.98. The van der Waals surface area contributed by atoms with Crippen LogP contribution in [0.2, 0.25) is 0 Å². The molecule has 0 aliphatic heterocycles. The second-order valence-corrected chi connectivity index (χ2v) is 5.72. The van der Waals surface area contributed by atoms with Crippen molar-refractivity contribution >= 4 is 32.9 Å². The Morgan fingerprint density at radius 2 is 1.85 bits per heavy atom. The summed E-state index contributed by atoms with van der Waals surface area (Å²) >= 11 is 3.47. The Balaban J connectivity index is 2.42. The molecule has 1 aromatic heterocycles. The Kier molecular flexibility index (Phi) is 3.01. The molecule has 20 heavy (non-hydrogen) atoms. The van der Waals surface area contributed by atoms with Crippen LogP contribution in [0.3, 0.4) is 0 Å². The highest BCUT2D eigenvalue weighted by molar-refractivity contribution is 9.10. The van der Waals surface area contributed by atoms with E-state index in [-0.39, 0.29) is 5.82 Å². The maximum absolute atomic E-state index is 13.8. The number of para-hydroxylation sites is 1. The van der Waals surface area contributed by atoms with E-state index in [1.54, 1.807) is 10.6 Å². The van der Waals surface area contributed by atoms with Crippen LogP contribution in [-0.2, 0) is 0 Å². The summed E-state index contributed by atoms with van der Waals surface area (Å²) in [6.45, 7) is 4.00. The van der Waals surface area contributed by atoms with Crippen LogP contribution >= 0.6 is 15.9 Å². The van der Waals surface area contributed by atoms with Gasteiger partial charge in [0.1, 0.15) is 5.52 Å². The van der Waals surface area contributed by atoms with Crippen molar-refractivity contribution in [1.29, 1.82) is 0 Å². The molecule has 0 amide bonds. The van der Waals surface area contributed by atoms with Gasteiger partial charge in [-0.05, 0) is 49.2 Å². The van der Waals surface area contributed by atoms with Crippen LogP contribution in [0.25, 0.3) is 16.7 Å². The minimum absolute atomic E-state index is 0.290. The van der Waals surface area contributed by atoms with Crippen molar-refractivity contribution in [2.75, 3.05) is 5.73 Å². The van der Waals surface area contributed by atoms with Gasteiger partial charge in [0.25, 0.3) is 0 Å². The monoisotopic (exact) mass is 333 g/mol. The topological polar surface area (TPSA) is 43.8 Å². The lowest BCUT2D eigenvalue weighted by molar-refractivity contribution is 0.637. The van der Waals surface area contributed by atoms with E-state index < -0.39 is 0 Å². The number of aromatic nitrogens is 2. The largest absolute Gasteiger partial charge is 0.369 e. The average Bonchev–Trinajstić information content (AvgIpc) is 2.67. The van der Waals surface area contributed by atoms with Gasteiger partial charge >= 0.3 is 0 Å². The van der Waals surface area contributed by atoms with E-state index in [4.69, 9.17) is 5.73 Å². The molecular formula is C15H13BrFN3. The third-order valence-corrected chi connectivity index (χ3v) is 3.80. The molecule has 5 heteroatoms. The van der Waals surface area contributed by atoms with Gasteiger partial charge in [-0.3, -0.25) is 4.57 Å². The van der Waals surface area contributed by atoms with Crippen LogP contribution in [0.1, 0.15) is 11.1 Å². The number of fused-ring (bicyclic) bond motifs is 1. The maximum Gasteiger partial charge on any atom is 0.206 e. The molecule has 0 spiro atoms. The molecule has 3 nitrogen and oxygen atoms in total. The fourth-order valence-electron chi connectivity index (χ4n) is 2.57. The van der Waals surface area contributed by atoms with Gasteiger partial charge < -0.3 is 5.73 Å². The van der Waals surface area contributed by atoms with Gasteiger partial charge in [-0.2, -0.15) is 0 Å². The molecule has 2 N–H and O–H groups in total. The first kappa shape index (κ1) is 13.1. The summed E-state index contributed by atoms with van der Waals surface area (Å²) in [7, 11) is 0. The van der Waals surface area contributed by atoms with Gasteiger partial charge in [0, 0.05) is 4.47 Å². The molecule has 0 aliphatic carbocycles. The molecule has 0 aliphatic rings. The molecule has 3 aromatic rings.